The fraction of sp³-hybridized carbons (Fsp3) is 0.250. The number of benzene rings is 1. The predicted molar refractivity (Wildman–Crippen MR) is 99.6 cm³/mol. The Morgan fingerprint density at radius 2 is 2.11 bits per heavy atom. The van der Waals surface area contributed by atoms with E-state index < -0.39 is 0 Å². The predicted octanol–water partition coefficient (Wildman–Crippen LogP) is 1.85. The maximum absolute atomic E-state index is 11.6. The van der Waals surface area contributed by atoms with Gasteiger partial charge in [0.05, 0.1) is 5.56 Å². The number of carbonyl (C=O) groups is 1. The molecule has 8 nitrogen and oxygen atoms in total. The average Bonchev–Trinajstić information content (AvgIpc) is 3.35. The Balaban J connectivity index is 1.31. The Bertz CT molecular complexity index is 1070. The van der Waals surface area contributed by atoms with Crippen LogP contribution in [-0.2, 0) is 24.3 Å². The molecule has 0 atom stereocenters. The molecule has 0 aliphatic carbocycles. The number of fused-ring (bicyclic) bond motifs is 1. The van der Waals surface area contributed by atoms with Crippen molar-refractivity contribution in [3.8, 4) is 12.0 Å². The highest BCUT2D eigenvalue weighted by Crippen LogP contribution is 2.25. The zero-order valence-electron chi connectivity index (χ0n) is 15.3. The van der Waals surface area contributed by atoms with Crippen molar-refractivity contribution in [3.63, 3.8) is 0 Å². The summed E-state index contributed by atoms with van der Waals surface area (Å²) in [5, 5.41) is 12.2. The van der Waals surface area contributed by atoms with Gasteiger partial charge >= 0.3 is 5.97 Å². The number of esters is 1. The highest BCUT2D eigenvalue weighted by Gasteiger charge is 2.23. The average molecular weight is 374 g/mol. The summed E-state index contributed by atoms with van der Waals surface area (Å²) < 4.78 is 6.71. The molecule has 0 saturated carbocycles. The van der Waals surface area contributed by atoms with Gasteiger partial charge < -0.3 is 10.1 Å². The van der Waals surface area contributed by atoms with Gasteiger partial charge in [-0.1, -0.05) is 6.07 Å². The van der Waals surface area contributed by atoms with E-state index in [4.69, 9.17) is 10.00 Å². The molecule has 1 N–H and O–H groups in total. The summed E-state index contributed by atoms with van der Waals surface area (Å²) in [5.74, 6) is 0.244. The number of nitrogens with one attached hydrogen (secondary N) is 1. The zero-order valence-corrected chi connectivity index (χ0v) is 15.3. The summed E-state index contributed by atoms with van der Waals surface area (Å²) in [4.78, 5) is 24.2. The van der Waals surface area contributed by atoms with E-state index in [2.05, 4.69) is 20.3 Å². The van der Waals surface area contributed by atoms with E-state index in [1.807, 2.05) is 25.1 Å². The standard InChI is InChI=1S/C20H18N6O2/c1-13-15(2-3-17-18(13)11-28-19(17)27)4-5-22-7-14-8-23-20(24-9-14)26-10-16(6-21)25-12-26/h2-3,8-10,12,22H,4-5,7,11H2,1H3. The van der Waals surface area contributed by atoms with Gasteiger partial charge in [-0.05, 0) is 37.1 Å². The fourth-order valence-electron chi connectivity index (χ4n) is 3.19. The van der Waals surface area contributed by atoms with Gasteiger partial charge in [-0.15, -0.1) is 0 Å². The first-order valence-corrected chi connectivity index (χ1v) is 8.90. The van der Waals surface area contributed by atoms with Crippen LogP contribution in [0.25, 0.3) is 5.95 Å². The summed E-state index contributed by atoms with van der Waals surface area (Å²) in [6, 6.07) is 5.83. The number of nitriles is 1. The van der Waals surface area contributed by atoms with E-state index >= 15 is 0 Å². The van der Waals surface area contributed by atoms with Gasteiger partial charge in [-0.25, -0.2) is 19.7 Å². The summed E-state index contributed by atoms with van der Waals surface area (Å²) in [6.07, 6.45) is 7.47. The zero-order chi connectivity index (χ0) is 19.5. The highest BCUT2D eigenvalue weighted by molar-refractivity contribution is 5.93. The molecular formula is C20H18N6O2. The van der Waals surface area contributed by atoms with E-state index in [0.29, 0.717) is 30.4 Å². The van der Waals surface area contributed by atoms with Crippen molar-refractivity contribution < 1.29 is 9.53 Å². The van der Waals surface area contributed by atoms with E-state index in [1.54, 1.807) is 23.2 Å². The number of ether oxygens (including phenoxy) is 1. The number of cyclic esters (lactones) is 1. The quantitative estimate of drug-likeness (QED) is 0.518. The van der Waals surface area contributed by atoms with Crippen LogP contribution in [0.15, 0.2) is 37.1 Å². The van der Waals surface area contributed by atoms with Gasteiger partial charge in [-0.2, -0.15) is 5.26 Å². The minimum absolute atomic E-state index is 0.231. The molecule has 8 heteroatoms. The Morgan fingerprint density at radius 3 is 2.86 bits per heavy atom. The van der Waals surface area contributed by atoms with Crippen molar-refractivity contribution in [1.29, 1.82) is 5.26 Å². The monoisotopic (exact) mass is 374 g/mol. The van der Waals surface area contributed by atoms with Gasteiger partial charge in [0.15, 0.2) is 5.69 Å². The van der Waals surface area contributed by atoms with Crippen molar-refractivity contribution in [1.82, 2.24) is 24.8 Å². The van der Waals surface area contributed by atoms with Crippen LogP contribution in [0.4, 0.5) is 0 Å². The van der Waals surface area contributed by atoms with Gasteiger partial charge in [0.2, 0.25) is 5.95 Å². The van der Waals surface area contributed by atoms with Crippen molar-refractivity contribution in [2.75, 3.05) is 6.54 Å². The number of hydrogen-bond acceptors (Lipinski definition) is 7. The second kappa shape index (κ2) is 7.58. The lowest BCUT2D eigenvalue weighted by atomic mass is 9.97. The van der Waals surface area contributed by atoms with Gasteiger partial charge in [0, 0.05) is 36.3 Å². The van der Waals surface area contributed by atoms with Crippen LogP contribution >= 0.6 is 0 Å². The minimum atomic E-state index is -0.231. The maximum Gasteiger partial charge on any atom is 0.338 e. The molecule has 0 radical (unpaired) electrons. The van der Waals surface area contributed by atoms with Crippen LogP contribution in [0.5, 0.6) is 0 Å². The molecule has 1 aromatic carbocycles. The molecule has 0 bridgehead atoms. The highest BCUT2D eigenvalue weighted by atomic mass is 16.5. The van der Waals surface area contributed by atoms with Crippen molar-refractivity contribution in [2.45, 2.75) is 26.5 Å². The summed E-state index contributed by atoms with van der Waals surface area (Å²) in [7, 11) is 0. The Kier molecular flexibility index (Phi) is 4.83. The van der Waals surface area contributed by atoms with Gasteiger partial charge in [0.1, 0.15) is 19.0 Å². The number of aromatic nitrogens is 4. The normalized spacial score (nSPS) is 12.5. The molecule has 0 unspecified atom stereocenters. The molecule has 0 amide bonds. The molecule has 2 aromatic heterocycles. The number of rotatable bonds is 6. The van der Waals surface area contributed by atoms with Crippen LogP contribution in [0.3, 0.4) is 0 Å². The third-order valence-corrected chi connectivity index (χ3v) is 4.80. The van der Waals surface area contributed by atoms with Gasteiger partial charge in [-0.3, -0.25) is 4.57 Å². The first kappa shape index (κ1) is 17.8. The van der Waals surface area contributed by atoms with Crippen molar-refractivity contribution >= 4 is 5.97 Å². The van der Waals surface area contributed by atoms with E-state index in [9.17, 15) is 4.79 Å². The van der Waals surface area contributed by atoms with Crippen LogP contribution in [0, 0.1) is 18.3 Å². The van der Waals surface area contributed by atoms with Crippen LogP contribution in [0.1, 0.15) is 38.3 Å². The number of hydrogen-bond donors (Lipinski definition) is 1. The molecule has 28 heavy (non-hydrogen) atoms. The van der Waals surface area contributed by atoms with E-state index in [1.165, 1.54) is 11.9 Å². The summed E-state index contributed by atoms with van der Waals surface area (Å²) in [5.41, 5.74) is 5.33. The molecule has 0 spiro atoms. The molecular weight excluding hydrogens is 356 g/mol. The Labute approximate surface area is 161 Å². The topological polar surface area (TPSA) is 106 Å². The molecule has 3 aromatic rings. The van der Waals surface area contributed by atoms with Gasteiger partial charge in [0.25, 0.3) is 0 Å². The largest absolute Gasteiger partial charge is 0.457 e. The molecule has 140 valence electrons. The molecule has 0 fully saturated rings. The number of nitrogens with zero attached hydrogens (tertiary/aromatic N) is 5. The third-order valence-electron chi connectivity index (χ3n) is 4.80. The van der Waals surface area contributed by atoms with Crippen LogP contribution in [0.2, 0.25) is 0 Å². The Hall–Kier alpha value is -3.57. The lowest BCUT2D eigenvalue weighted by molar-refractivity contribution is 0.0535. The van der Waals surface area contributed by atoms with Crippen molar-refractivity contribution in [2.24, 2.45) is 0 Å². The molecule has 1 aliphatic rings. The number of carbonyl (C=O) groups excluding carboxylic acids is 1. The number of imidazole rings is 1. The molecule has 4 rings (SSSR count). The van der Waals surface area contributed by atoms with E-state index in [0.717, 1.165) is 29.7 Å². The van der Waals surface area contributed by atoms with Crippen LogP contribution < -0.4 is 5.32 Å². The minimum Gasteiger partial charge on any atom is -0.457 e. The molecule has 0 saturated heterocycles. The lowest BCUT2D eigenvalue weighted by Crippen LogP contribution is -2.18. The second-order valence-electron chi connectivity index (χ2n) is 6.55. The smallest absolute Gasteiger partial charge is 0.338 e. The Morgan fingerprint density at radius 1 is 1.29 bits per heavy atom. The fourth-order valence-corrected chi connectivity index (χ4v) is 3.19. The first-order chi connectivity index (χ1) is 13.7. The SMILES string of the molecule is Cc1c(CCNCc2cnc(-n3cnc(C#N)c3)nc2)ccc2c1COC2=O. The summed E-state index contributed by atoms with van der Waals surface area (Å²) >= 11 is 0. The second-order valence-corrected chi connectivity index (χ2v) is 6.55. The maximum atomic E-state index is 11.6. The lowest BCUT2D eigenvalue weighted by Gasteiger charge is -2.10. The first-order valence-electron chi connectivity index (χ1n) is 8.90. The molecule has 1 aliphatic heterocycles. The van der Waals surface area contributed by atoms with Crippen LogP contribution in [-0.4, -0.2) is 32.0 Å². The summed E-state index contributed by atoms with van der Waals surface area (Å²) in [6.45, 7) is 3.86. The van der Waals surface area contributed by atoms with E-state index in [-0.39, 0.29) is 5.97 Å². The third kappa shape index (κ3) is 3.48. The molecule has 3 heterocycles. The van der Waals surface area contributed by atoms with Crippen molar-refractivity contribution in [3.05, 3.63) is 70.6 Å².